The first-order chi connectivity index (χ1) is 47.0. The van der Waals surface area contributed by atoms with Crippen molar-refractivity contribution in [2.75, 3.05) is 29.4 Å². The fraction of sp³-hybridized carbons (Fsp3) is 0.0118. The smallest absolute Gasteiger partial charge is 0.256 e. The maximum Gasteiger partial charge on any atom is 0.256 e. The summed E-state index contributed by atoms with van der Waals surface area (Å²) in [5.41, 5.74) is 25.4. The van der Waals surface area contributed by atoms with E-state index in [2.05, 4.69) is 358 Å². The highest BCUT2D eigenvalue weighted by atomic mass is 16.5. The summed E-state index contributed by atoms with van der Waals surface area (Å²) in [6.07, 6.45) is 7.98. The number of fused-ring (bicyclic) bond motifs is 10. The fourth-order valence-corrected chi connectivity index (χ4v) is 15.2. The Balaban J connectivity index is 0.938. The SMILES string of the molecule is C=C/C=C\C=C(/C)N(c1ccccc1)c1cc2c3c(c1)N(c1ccccc1)c1cc4c(cc1B3c1cc3c(cc1O2)N(c1ccccc1)c1cc(N(c2ccccc2)c2ccccc2)cc2c1B3c1ccccc1N2c1ccccc1)Oc1ccccc1N4c1ccccc1. The molecule has 18 rings (SSSR count). The standard InChI is InChI=1S/C85H60B2N6O2/c1-3-4-12-31-58(2)88(59-32-13-5-14-33-59)67-52-79-85-83(53-67)95-81-57-75-69(54-71(81)87(85)70-55-82-76(56-74(70)92(79)64-42-23-10-24-43-64)91(63-40-21-9-22-41-63)73-48-29-30-49-80(73)94-82)86-68-46-27-28-47-72(68)90(62-38-19-8-20-39-62)77-50-66(51-78(84(77)86)93(75)65-44-25-11-26-45-65)89(60-34-15-6-16-35-60)61-36-17-7-18-37-61/h3-57H,1H2,2H3/b12-4-,58-31+. The third-order valence-electron chi connectivity index (χ3n) is 19.0. The Morgan fingerprint density at radius 3 is 1.34 bits per heavy atom. The van der Waals surface area contributed by atoms with Crippen molar-refractivity contribution >= 4 is 143 Å². The van der Waals surface area contributed by atoms with E-state index in [4.69, 9.17) is 9.47 Å². The highest BCUT2D eigenvalue weighted by Crippen LogP contribution is 2.55. The molecule has 0 atom stereocenters. The van der Waals surface area contributed by atoms with Crippen molar-refractivity contribution in [1.29, 1.82) is 0 Å². The Hall–Kier alpha value is -12.4. The van der Waals surface area contributed by atoms with E-state index >= 15 is 0 Å². The van der Waals surface area contributed by atoms with Crippen molar-refractivity contribution in [1.82, 2.24) is 0 Å². The molecule has 13 aromatic rings. The lowest BCUT2D eigenvalue weighted by molar-refractivity contribution is 0.477. The lowest BCUT2D eigenvalue weighted by Gasteiger charge is -2.46. The lowest BCUT2D eigenvalue weighted by atomic mass is 9.30. The van der Waals surface area contributed by atoms with Gasteiger partial charge in [-0.25, -0.2) is 0 Å². The van der Waals surface area contributed by atoms with Gasteiger partial charge in [0, 0.05) is 91.8 Å². The molecule has 0 spiro atoms. The van der Waals surface area contributed by atoms with E-state index in [1.807, 2.05) is 18.2 Å². The zero-order chi connectivity index (χ0) is 63.1. The zero-order valence-electron chi connectivity index (χ0n) is 52.1. The second kappa shape index (κ2) is 22.8. The molecule has 0 aromatic heterocycles. The molecule has 0 fully saturated rings. The number of hydrogen-bond acceptors (Lipinski definition) is 8. The van der Waals surface area contributed by atoms with Crippen molar-refractivity contribution in [3.8, 4) is 23.0 Å². The monoisotopic (exact) mass is 1220 g/mol. The summed E-state index contributed by atoms with van der Waals surface area (Å²) in [5.74, 6) is 3.09. The van der Waals surface area contributed by atoms with E-state index in [0.717, 1.165) is 142 Å². The van der Waals surface area contributed by atoms with Gasteiger partial charge in [0.15, 0.2) is 11.5 Å². The number of nitrogens with zero attached hydrogens (tertiary/aromatic N) is 6. The van der Waals surface area contributed by atoms with Crippen LogP contribution in [0.5, 0.6) is 23.0 Å². The first-order valence-electron chi connectivity index (χ1n) is 32.4. The molecular weight excluding hydrogens is 1160 g/mol. The molecule has 5 aliphatic heterocycles. The number of allylic oxidation sites excluding steroid dienone is 5. The van der Waals surface area contributed by atoms with Gasteiger partial charge in [-0.15, -0.1) is 0 Å². The Morgan fingerprint density at radius 1 is 0.316 bits per heavy atom. The van der Waals surface area contributed by atoms with E-state index in [1.54, 1.807) is 0 Å². The number of para-hydroxylation sites is 10. The molecule has 0 aliphatic carbocycles. The molecule has 0 saturated heterocycles. The van der Waals surface area contributed by atoms with Gasteiger partial charge in [-0.3, -0.25) is 0 Å². The number of hydrogen-bond donors (Lipinski definition) is 0. The van der Waals surface area contributed by atoms with Gasteiger partial charge >= 0.3 is 0 Å². The summed E-state index contributed by atoms with van der Waals surface area (Å²) in [4.78, 5) is 14.5. The summed E-state index contributed by atoms with van der Waals surface area (Å²) in [6.45, 7) is 5.61. The van der Waals surface area contributed by atoms with E-state index in [-0.39, 0.29) is 13.4 Å². The minimum absolute atomic E-state index is 0.216. The second-order valence-corrected chi connectivity index (χ2v) is 24.5. The highest BCUT2D eigenvalue weighted by Gasteiger charge is 2.49. The fourth-order valence-electron chi connectivity index (χ4n) is 15.2. The van der Waals surface area contributed by atoms with Gasteiger partial charge in [-0.1, -0.05) is 189 Å². The Kier molecular flexibility index (Phi) is 13.3. The molecule has 448 valence electrons. The lowest BCUT2D eigenvalue weighted by Crippen LogP contribution is -2.64. The highest BCUT2D eigenvalue weighted by molar-refractivity contribution is 7.02. The van der Waals surface area contributed by atoms with Gasteiger partial charge in [-0.2, -0.15) is 0 Å². The topological polar surface area (TPSA) is 37.9 Å². The quantitative estimate of drug-likeness (QED) is 0.0885. The van der Waals surface area contributed by atoms with E-state index < -0.39 is 0 Å². The van der Waals surface area contributed by atoms with E-state index in [0.29, 0.717) is 0 Å². The van der Waals surface area contributed by atoms with Crippen LogP contribution < -0.4 is 71.7 Å². The van der Waals surface area contributed by atoms with Crippen molar-refractivity contribution in [3.05, 3.63) is 346 Å². The molecule has 0 amide bonds. The van der Waals surface area contributed by atoms with Crippen molar-refractivity contribution in [3.63, 3.8) is 0 Å². The van der Waals surface area contributed by atoms with Gasteiger partial charge in [0.1, 0.15) is 11.5 Å². The maximum atomic E-state index is 7.85. The third kappa shape index (κ3) is 9.08. The van der Waals surface area contributed by atoms with Gasteiger partial charge in [0.05, 0.1) is 22.7 Å². The van der Waals surface area contributed by atoms with Crippen molar-refractivity contribution in [2.24, 2.45) is 0 Å². The molecule has 0 saturated carbocycles. The Bertz CT molecular complexity index is 5170. The average molecular weight is 1220 g/mol. The summed E-state index contributed by atoms with van der Waals surface area (Å²) >= 11 is 0. The van der Waals surface area contributed by atoms with Crippen LogP contribution >= 0.6 is 0 Å². The van der Waals surface area contributed by atoms with Crippen LogP contribution in [-0.2, 0) is 0 Å². The third-order valence-corrected chi connectivity index (χ3v) is 19.0. The molecule has 10 heteroatoms. The summed E-state index contributed by atoms with van der Waals surface area (Å²) in [7, 11) is 0. The summed E-state index contributed by atoms with van der Waals surface area (Å²) in [5, 5.41) is 0. The van der Waals surface area contributed by atoms with Crippen LogP contribution in [0.1, 0.15) is 6.92 Å². The minimum Gasteiger partial charge on any atom is -0.458 e. The Morgan fingerprint density at radius 2 is 0.758 bits per heavy atom. The predicted molar refractivity (Wildman–Crippen MR) is 397 cm³/mol. The van der Waals surface area contributed by atoms with Crippen LogP contribution in [0, 0.1) is 0 Å². The maximum absolute atomic E-state index is 7.85. The predicted octanol–water partition coefficient (Wildman–Crippen LogP) is 19.0. The molecule has 8 nitrogen and oxygen atoms in total. The van der Waals surface area contributed by atoms with Crippen LogP contribution in [0.4, 0.5) is 96.7 Å². The molecule has 0 N–H and O–H groups in total. The van der Waals surface area contributed by atoms with Crippen LogP contribution in [-0.4, -0.2) is 13.4 Å². The van der Waals surface area contributed by atoms with Crippen molar-refractivity contribution in [2.45, 2.75) is 6.92 Å². The van der Waals surface area contributed by atoms with Crippen LogP contribution in [0.15, 0.2) is 346 Å². The summed E-state index contributed by atoms with van der Waals surface area (Å²) < 4.78 is 15.1. The van der Waals surface area contributed by atoms with Gasteiger partial charge < -0.3 is 38.9 Å². The minimum atomic E-state index is -0.343. The molecule has 0 radical (unpaired) electrons. The molecule has 0 unspecified atom stereocenters. The number of ether oxygens (including phenoxy) is 2. The van der Waals surface area contributed by atoms with Crippen LogP contribution in [0.25, 0.3) is 0 Å². The molecule has 5 heterocycles. The molecular formula is C85H60B2N6O2. The molecule has 95 heavy (non-hydrogen) atoms. The largest absolute Gasteiger partial charge is 0.458 e. The zero-order valence-corrected chi connectivity index (χ0v) is 52.1. The van der Waals surface area contributed by atoms with Gasteiger partial charge in [0.25, 0.3) is 13.4 Å². The van der Waals surface area contributed by atoms with E-state index in [1.165, 1.54) is 16.4 Å². The Labute approximate surface area is 554 Å². The normalized spacial score (nSPS) is 13.4. The first kappa shape index (κ1) is 55.5. The molecule has 13 aromatic carbocycles. The number of benzene rings is 13. The van der Waals surface area contributed by atoms with Crippen LogP contribution in [0.3, 0.4) is 0 Å². The van der Waals surface area contributed by atoms with Gasteiger partial charge in [-0.05, 0) is 179 Å². The molecule has 5 aliphatic rings. The number of anilines is 17. The van der Waals surface area contributed by atoms with Crippen molar-refractivity contribution < 1.29 is 9.47 Å². The van der Waals surface area contributed by atoms with Crippen LogP contribution in [0.2, 0.25) is 0 Å². The summed E-state index contributed by atoms with van der Waals surface area (Å²) in [6, 6.07) is 112. The van der Waals surface area contributed by atoms with E-state index in [9.17, 15) is 0 Å². The van der Waals surface area contributed by atoms with Gasteiger partial charge in [0.2, 0.25) is 0 Å². The molecule has 0 bridgehead atoms. The number of rotatable bonds is 12. The second-order valence-electron chi connectivity index (χ2n) is 24.5. The average Bonchev–Trinajstić information content (AvgIpc) is 0.694. The first-order valence-corrected chi connectivity index (χ1v) is 32.4.